The molecule has 2 unspecified atom stereocenters. The van der Waals surface area contributed by atoms with Gasteiger partial charge in [-0.05, 0) is 37.0 Å². The van der Waals surface area contributed by atoms with E-state index in [1.165, 1.54) is 12.1 Å². The Balaban J connectivity index is 1.60. The lowest BCUT2D eigenvalue weighted by Gasteiger charge is -2.25. The first-order chi connectivity index (χ1) is 18.4. The fourth-order valence-corrected chi connectivity index (χ4v) is 4.58. The van der Waals surface area contributed by atoms with E-state index in [0.29, 0.717) is 31.1 Å². The molecule has 0 bridgehead atoms. The van der Waals surface area contributed by atoms with E-state index in [4.69, 9.17) is 0 Å². The van der Waals surface area contributed by atoms with Gasteiger partial charge in [0.15, 0.2) is 0 Å². The van der Waals surface area contributed by atoms with Crippen molar-refractivity contribution in [3.8, 4) is 0 Å². The fraction of sp³-hybridized carbons (Fsp3) is 0.250. The molecule has 1 amide bonds. The first kappa shape index (κ1) is 26.3. The number of halogens is 2. The van der Waals surface area contributed by atoms with Gasteiger partial charge in [-0.3, -0.25) is 4.79 Å². The van der Waals surface area contributed by atoms with Crippen LogP contribution in [0, 0.1) is 17.6 Å². The Bertz CT molecular complexity index is 1480. The lowest BCUT2D eigenvalue weighted by molar-refractivity contribution is 0.0937. The van der Waals surface area contributed by atoms with Crippen molar-refractivity contribution in [3.63, 3.8) is 0 Å². The molecule has 194 valence electrons. The van der Waals surface area contributed by atoms with Gasteiger partial charge in [-0.1, -0.05) is 30.3 Å². The minimum Gasteiger partial charge on any atom is -0.379 e. The number of rotatable bonds is 10. The van der Waals surface area contributed by atoms with Gasteiger partial charge in [-0.2, -0.15) is 0 Å². The van der Waals surface area contributed by atoms with E-state index in [9.17, 15) is 28.0 Å². The van der Waals surface area contributed by atoms with Crippen molar-refractivity contribution in [1.82, 2.24) is 20.9 Å². The van der Waals surface area contributed by atoms with E-state index < -0.39 is 29.6 Å². The molecular weight excluding hydrogens is 494 g/mol. The molecule has 3 aromatic rings. The molecule has 4 N–H and O–H groups in total. The lowest BCUT2D eigenvalue weighted by atomic mass is 9.95. The van der Waals surface area contributed by atoms with Gasteiger partial charge < -0.3 is 20.9 Å². The van der Waals surface area contributed by atoms with Crippen molar-refractivity contribution in [2.24, 2.45) is 5.92 Å². The molecule has 4 rings (SSSR count). The molecule has 0 spiro atoms. The van der Waals surface area contributed by atoms with Crippen molar-refractivity contribution >= 4 is 34.6 Å². The zero-order chi connectivity index (χ0) is 27.1. The van der Waals surface area contributed by atoms with E-state index in [-0.39, 0.29) is 34.6 Å². The van der Waals surface area contributed by atoms with Crippen LogP contribution < -0.4 is 16.0 Å². The standard InChI is InChI=1S/C28H24F2N4O4/c29-20-11-19-13-24(33-27(19)22(30)14-20)28(38)34-23(10-17-4-2-1-3-5-17)26(16-37)32-21(7-9-35)12-18-6-8-31-25(18)15-36/h1-5,7,11,13-14,18,21,23,31-33H,6,8,10,12H2,(H,34,38)/t18-,21?,23?/m0/s1. The molecule has 38 heavy (non-hydrogen) atoms. The predicted molar refractivity (Wildman–Crippen MR) is 136 cm³/mol. The zero-order valence-electron chi connectivity index (χ0n) is 20.1. The summed E-state index contributed by atoms with van der Waals surface area (Å²) in [5.74, 6) is 2.93. The van der Waals surface area contributed by atoms with Gasteiger partial charge in [0.1, 0.15) is 40.8 Å². The summed E-state index contributed by atoms with van der Waals surface area (Å²) in [7, 11) is 0. The van der Waals surface area contributed by atoms with Crippen molar-refractivity contribution in [1.29, 1.82) is 0 Å². The van der Waals surface area contributed by atoms with Gasteiger partial charge in [0.05, 0.1) is 23.3 Å². The maximum absolute atomic E-state index is 14.2. The Labute approximate surface area is 216 Å². The highest BCUT2D eigenvalue weighted by Gasteiger charge is 2.28. The molecule has 10 heteroatoms. The largest absolute Gasteiger partial charge is 0.379 e. The molecule has 1 aliphatic rings. The second-order valence-corrected chi connectivity index (χ2v) is 8.97. The number of hydrogen-bond acceptors (Lipinski definition) is 6. The van der Waals surface area contributed by atoms with Crippen LogP contribution in [0.25, 0.3) is 10.9 Å². The van der Waals surface area contributed by atoms with E-state index in [2.05, 4.69) is 20.9 Å². The number of hydrogen-bond donors (Lipinski definition) is 4. The number of H-pyrrole nitrogens is 1. The number of fused-ring (bicyclic) bond motifs is 1. The summed E-state index contributed by atoms with van der Waals surface area (Å²) >= 11 is 0. The van der Waals surface area contributed by atoms with Gasteiger partial charge in [0.25, 0.3) is 5.91 Å². The summed E-state index contributed by atoms with van der Waals surface area (Å²) in [5.41, 5.74) is 1.10. The second kappa shape index (κ2) is 12.0. The van der Waals surface area contributed by atoms with Crippen molar-refractivity contribution in [2.75, 3.05) is 6.54 Å². The molecule has 1 fully saturated rings. The normalized spacial score (nSPS) is 15.9. The molecule has 2 aromatic carbocycles. The van der Waals surface area contributed by atoms with Gasteiger partial charge in [-0.25, -0.2) is 23.2 Å². The third kappa shape index (κ3) is 6.14. The van der Waals surface area contributed by atoms with Crippen LogP contribution in [-0.4, -0.2) is 47.3 Å². The molecule has 0 saturated carbocycles. The molecule has 8 nitrogen and oxygen atoms in total. The summed E-state index contributed by atoms with van der Waals surface area (Å²) in [6, 6.07) is 10.6. The number of nitrogens with one attached hydrogen (secondary N) is 4. The number of benzene rings is 2. The first-order valence-corrected chi connectivity index (χ1v) is 12.0. The Morgan fingerprint density at radius 2 is 1.89 bits per heavy atom. The third-order valence-electron chi connectivity index (χ3n) is 6.41. The van der Waals surface area contributed by atoms with Gasteiger partial charge in [0.2, 0.25) is 0 Å². The van der Waals surface area contributed by atoms with Crippen molar-refractivity contribution in [2.45, 2.75) is 31.3 Å². The van der Waals surface area contributed by atoms with E-state index in [1.54, 1.807) is 18.1 Å². The van der Waals surface area contributed by atoms with Gasteiger partial charge >= 0.3 is 0 Å². The quantitative estimate of drug-likeness (QED) is 0.306. The average molecular weight is 519 g/mol. The highest BCUT2D eigenvalue weighted by atomic mass is 19.1. The second-order valence-electron chi connectivity index (χ2n) is 8.97. The van der Waals surface area contributed by atoms with E-state index >= 15 is 0 Å². The number of amides is 1. The summed E-state index contributed by atoms with van der Waals surface area (Å²) in [5, 5.41) is 8.84. The molecule has 2 heterocycles. The fourth-order valence-electron chi connectivity index (χ4n) is 4.58. The number of carbonyl (C=O) groups is 1. The Hall–Kier alpha value is -4.74. The van der Waals surface area contributed by atoms with Crippen LogP contribution in [0.2, 0.25) is 0 Å². The molecule has 0 aliphatic carbocycles. The van der Waals surface area contributed by atoms with Crippen LogP contribution in [0.1, 0.15) is 28.9 Å². The molecule has 1 saturated heterocycles. The topological polar surface area (TPSA) is 120 Å². The molecule has 1 aromatic heterocycles. The number of carbonyl (C=O) groups excluding carboxylic acids is 4. The summed E-state index contributed by atoms with van der Waals surface area (Å²) < 4.78 is 27.8. The van der Waals surface area contributed by atoms with Crippen molar-refractivity contribution in [3.05, 3.63) is 88.9 Å². The van der Waals surface area contributed by atoms with Crippen LogP contribution in [0.3, 0.4) is 0 Å². The molecule has 0 radical (unpaired) electrons. The minimum atomic E-state index is -0.916. The Morgan fingerprint density at radius 3 is 2.61 bits per heavy atom. The highest BCUT2D eigenvalue weighted by Crippen LogP contribution is 2.24. The summed E-state index contributed by atoms with van der Waals surface area (Å²) in [6.45, 7) is 0.588. The number of aromatic amines is 1. The van der Waals surface area contributed by atoms with E-state index in [0.717, 1.165) is 11.6 Å². The SMILES string of the molecule is O=C=CC(C[C@@H]1CCNC1=C=O)NC(=C=O)C(Cc1ccccc1)NC(=O)c1cc2cc(F)cc(F)c2[nH]1. The third-order valence-corrected chi connectivity index (χ3v) is 6.41. The monoisotopic (exact) mass is 518 g/mol. The van der Waals surface area contributed by atoms with Crippen LogP contribution in [0.15, 0.2) is 66.0 Å². The molecular formula is C28H24F2N4O4. The predicted octanol–water partition coefficient (Wildman–Crippen LogP) is 2.56. The molecule has 3 atom stereocenters. The summed E-state index contributed by atoms with van der Waals surface area (Å²) in [6.07, 6.45) is 2.35. The lowest BCUT2D eigenvalue weighted by Crippen LogP contribution is -2.45. The van der Waals surface area contributed by atoms with Crippen LogP contribution >= 0.6 is 0 Å². The first-order valence-electron chi connectivity index (χ1n) is 12.0. The number of allylic oxidation sites excluding steroid dienone is 1. The van der Waals surface area contributed by atoms with E-state index in [1.807, 2.05) is 30.1 Å². The van der Waals surface area contributed by atoms with Crippen LogP contribution in [-0.2, 0) is 20.8 Å². The van der Waals surface area contributed by atoms with Crippen molar-refractivity contribution < 1.29 is 28.0 Å². The minimum absolute atomic E-state index is 0.0270. The average Bonchev–Trinajstić information content (AvgIpc) is 3.54. The zero-order valence-corrected chi connectivity index (χ0v) is 20.1. The van der Waals surface area contributed by atoms with Gasteiger partial charge in [-0.15, -0.1) is 0 Å². The smallest absolute Gasteiger partial charge is 0.268 e. The van der Waals surface area contributed by atoms with Gasteiger partial charge in [0, 0.05) is 30.0 Å². The Kier molecular flexibility index (Phi) is 8.31. The Morgan fingerprint density at radius 1 is 1.11 bits per heavy atom. The number of aromatic nitrogens is 1. The van der Waals surface area contributed by atoms with Crippen LogP contribution in [0.5, 0.6) is 0 Å². The highest BCUT2D eigenvalue weighted by molar-refractivity contribution is 5.98. The maximum Gasteiger partial charge on any atom is 0.268 e. The maximum atomic E-state index is 14.2. The van der Waals surface area contributed by atoms with Crippen LogP contribution in [0.4, 0.5) is 8.78 Å². The summed E-state index contributed by atoms with van der Waals surface area (Å²) in [4.78, 5) is 50.3. The molecule has 1 aliphatic heterocycles.